The zero-order valence-electron chi connectivity index (χ0n) is 11.9. The molecule has 1 heterocycles. The van der Waals surface area contributed by atoms with Gasteiger partial charge in [0.15, 0.2) is 0 Å². The first kappa shape index (κ1) is 14.6. The SMILES string of the molecule is Cc1cccc(CN(C)C(=O)c2cc(S)ccc2C)n1. The summed E-state index contributed by atoms with van der Waals surface area (Å²) in [6.45, 7) is 4.37. The van der Waals surface area contributed by atoms with Crippen molar-refractivity contribution < 1.29 is 4.79 Å². The second-order valence-corrected chi connectivity index (χ2v) is 5.45. The number of carbonyl (C=O) groups is 1. The fraction of sp³-hybridized carbons (Fsp3) is 0.250. The molecule has 104 valence electrons. The molecule has 0 fully saturated rings. The topological polar surface area (TPSA) is 33.2 Å². The van der Waals surface area contributed by atoms with Gasteiger partial charge in [0, 0.05) is 23.2 Å². The van der Waals surface area contributed by atoms with Crippen molar-refractivity contribution in [2.75, 3.05) is 7.05 Å². The van der Waals surface area contributed by atoms with Crippen molar-refractivity contribution in [3.63, 3.8) is 0 Å². The molecule has 4 heteroatoms. The molecule has 0 spiro atoms. The Morgan fingerprint density at radius 3 is 2.70 bits per heavy atom. The molecule has 0 bridgehead atoms. The summed E-state index contributed by atoms with van der Waals surface area (Å²) in [5.41, 5.74) is 3.49. The average molecular weight is 286 g/mol. The highest BCUT2D eigenvalue weighted by molar-refractivity contribution is 7.80. The number of rotatable bonds is 3. The maximum Gasteiger partial charge on any atom is 0.254 e. The number of hydrogen-bond acceptors (Lipinski definition) is 3. The lowest BCUT2D eigenvalue weighted by molar-refractivity contribution is 0.0782. The first-order valence-electron chi connectivity index (χ1n) is 6.45. The van der Waals surface area contributed by atoms with E-state index < -0.39 is 0 Å². The minimum absolute atomic E-state index is 0.0123. The summed E-state index contributed by atoms with van der Waals surface area (Å²) in [5, 5.41) is 0. The van der Waals surface area contributed by atoms with Gasteiger partial charge >= 0.3 is 0 Å². The largest absolute Gasteiger partial charge is 0.336 e. The minimum atomic E-state index is -0.0123. The van der Waals surface area contributed by atoms with Crippen LogP contribution in [0.3, 0.4) is 0 Å². The highest BCUT2D eigenvalue weighted by Crippen LogP contribution is 2.16. The lowest BCUT2D eigenvalue weighted by Gasteiger charge is -2.18. The molecule has 0 aliphatic heterocycles. The first-order chi connectivity index (χ1) is 9.47. The fourth-order valence-corrected chi connectivity index (χ4v) is 2.25. The molecule has 2 aromatic rings. The predicted molar refractivity (Wildman–Crippen MR) is 83.2 cm³/mol. The highest BCUT2D eigenvalue weighted by Gasteiger charge is 2.15. The van der Waals surface area contributed by atoms with Crippen molar-refractivity contribution in [3.05, 3.63) is 58.9 Å². The molecule has 1 aromatic heterocycles. The van der Waals surface area contributed by atoms with E-state index in [1.54, 1.807) is 18.0 Å². The molecule has 0 aliphatic carbocycles. The fourth-order valence-electron chi connectivity index (χ4n) is 2.05. The zero-order valence-corrected chi connectivity index (χ0v) is 12.8. The Balaban J connectivity index is 2.18. The predicted octanol–water partition coefficient (Wildman–Crippen LogP) is 3.26. The highest BCUT2D eigenvalue weighted by atomic mass is 32.1. The molecule has 0 atom stereocenters. The third kappa shape index (κ3) is 3.39. The van der Waals surface area contributed by atoms with Gasteiger partial charge in [-0.3, -0.25) is 9.78 Å². The molecule has 0 saturated heterocycles. The summed E-state index contributed by atoms with van der Waals surface area (Å²) in [4.78, 5) is 19.4. The Labute approximate surface area is 125 Å². The van der Waals surface area contributed by atoms with Gasteiger partial charge in [0.05, 0.1) is 12.2 Å². The van der Waals surface area contributed by atoms with E-state index >= 15 is 0 Å². The van der Waals surface area contributed by atoms with E-state index in [-0.39, 0.29) is 5.91 Å². The van der Waals surface area contributed by atoms with Gasteiger partial charge < -0.3 is 4.90 Å². The van der Waals surface area contributed by atoms with Crippen LogP contribution in [0.25, 0.3) is 0 Å². The van der Waals surface area contributed by atoms with Crippen LogP contribution in [0.4, 0.5) is 0 Å². The Hall–Kier alpha value is -1.81. The normalized spacial score (nSPS) is 10.4. The number of aromatic nitrogens is 1. The van der Waals surface area contributed by atoms with E-state index in [1.165, 1.54) is 0 Å². The quantitative estimate of drug-likeness (QED) is 0.879. The third-order valence-corrected chi connectivity index (χ3v) is 3.42. The van der Waals surface area contributed by atoms with E-state index in [4.69, 9.17) is 0 Å². The maximum atomic E-state index is 12.5. The number of aryl methyl sites for hydroxylation is 2. The van der Waals surface area contributed by atoms with Crippen LogP contribution in [-0.4, -0.2) is 22.8 Å². The lowest BCUT2D eigenvalue weighted by Crippen LogP contribution is -2.27. The molecule has 20 heavy (non-hydrogen) atoms. The summed E-state index contributed by atoms with van der Waals surface area (Å²) in [7, 11) is 1.79. The van der Waals surface area contributed by atoms with Crippen molar-refractivity contribution in [3.8, 4) is 0 Å². The summed E-state index contributed by atoms with van der Waals surface area (Å²) in [6.07, 6.45) is 0. The number of carbonyl (C=O) groups excluding carboxylic acids is 1. The van der Waals surface area contributed by atoms with Gasteiger partial charge in [-0.1, -0.05) is 12.1 Å². The van der Waals surface area contributed by atoms with Crippen LogP contribution in [0.15, 0.2) is 41.3 Å². The molecule has 0 saturated carbocycles. The smallest absolute Gasteiger partial charge is 0.254 e. The Morgan fingerprint density at radius 1 is 1.25 bits per heavy atom. The number of benzene rings is 1. The minimum Gasteiger partial charge on any atom is -0.336 e. The molecule has 0 radical (unpaired) electrons. The van der Waals surface area contributed by atoms with Gasteiger partial charge in [-0.2, -0.15) is 0 Å². The molecule has 1 amide bonds. The van der Waals surface area contributed by atoms with E-state index in [0.29, 0.717) is 12.1 Å². The van der Waals surface area contributed by atoms with Crippen molar-refractivity contribution in [1.82, 2.24) is 9.88 Å². The summed E-state index contributed by atoms with van der Waals surface area (Å²) >= 11 is 4.29. The molecule has 0 unspecified atom stereocenters. The molecule has 1 aromatic carbocycles. The van der Waals surface area contributed by atoms with Crippen LogP contribution in [0, 0.1) is 13.8 Å². The van der Waals surface area contributed by atoms with Crippen LogP contribution in [0.1, 0.15) is 27.3 Å². The molecule has 0 aliphatic rings. The third-order valence-electron chi connectivity index (χ3n) is 3.14. The van der Waals surface area contributed by atoms with Gasteiger partial charge in [0.1, 0.15) is 0 Å². The Morgan fingerprint density at radius 2 is 2.00 bits per heavy atom. The van der Waals surface area contributed by atoms with E-state index in [0.717, 1.165) is 21.8 Å². The maximum absolute atomic E-state index is 12.5. The van der Waals surface area contributed by atoms with Gasteiger partial charge in [0.25, 0.3) is 5.91 Å². The number of pyridine rings is 1. The number of hydrogen-bond donors (Lipinski definition) is 1. The van der Waals surface area contributed by atoms with Gasteiger partial charge in [-0.05, 0) is 43.7 Å². The van der Waals surface area contributed by atoms with Crippen molar-refractivity contribution in [1.29, 1.82) is 0 Å². The van der Waals surface area contributed by atoms with Crippen LogP contribution in [0.2, 0.25) is 0 Å². The van der Waals surface area contributed by atoms with Crippen molar-refractivity contribution in [2.24, 2.45) is 0 Å². The molecular formula is C16H18N2OS. The van der Waals surface area contributed by atoms with Crippen molar-refractivity contribution >= 4 is 18.5 Å². The van der Waals surface area contributed by atoms with Gasteiger partial charge in [-0.15, -0.1) is 12.6 Å². The van der Waals surface area contributed by atoms with Crippen LogP contribution >= 0.6 is 12.6 Å². The second kappa shape index (κ2) is 6.09. The van der Waals surface area contributed by atoms with Crippen LogP contribution in [0.5, 0.6) is 0 Å². The number of amides is 1. The standard InChI is InChI=1S/C16H18N2OS/c1-11-7-8-14(20)9-15(11)16(19)18(3)10-13-6-4-5-12(2)17-13/h4-9,20H,10H2,1-3H3. The van der Waals surface area contributed by atoms with Gasteiger partial charge in [0.2, 0.25) is 0 Å². The first-order valence-corrected chi connectivity index (χ1v) is 6.89. The molecular weight excluding hydrogens is 268 g/mol. The summed E-state index contributed by atoms with van der Waals surface area (Å²) in [5.74, 6) is -0.0123. The van der Waals surface area contributed by atoms with Crippen LogP contribution < -0.4 is 0 Å². The summed E-state index contributed by atoms with van der Waals surface area (Å²) in [6, 6.07) is 11.4. The summed E-state index contributed by atoms with van der Waals surface area (Å²) < 4.78 is 0. The molecule has 2 rings (SSSR count). The Kier molecular flexibility index (Phi) is 4.45. The average Bonchev–Trinajstić information content (AvgIpc) is 2.40. The Bertz CT molecular complexity index is 640. The number of nitrogens with zero attached hydrogens (tertiary/aromatic N) is 2. The molecule has 0 N–H and O–H groups in total. The number of thiol groups is 1. The molecule has 3 nitrogen and oxygen atoms in total. The van der Waals surface area contributed by atoms with E-state index in [2.05, 4.69) is 17.6 Å². The second-order valence-electron chi connectivity index (χ2n) is 4.93. The van der Waals surface area contributed by atoms with Crippen LogP contribution in [-0.2, 0) is 6.54 Å². The van der Waals surface area contributed by atoms with E-state index in [1.807, 2.05) is 44.2 Å². The zero-order chi connectivity index (χ0) is 14.7. The monoisotopic (exact) mass is 286 g/mol. The lowest BCUT2D eigenvalue weighted by atomic mass is 10.1. The van der Waals surface area contributed by atoms with Gasteiger partial charge in [-0.25, -0.2) is 0 Å². The van der Waals surface area contributed by atoms with Crippen molar-refractivity contribution in [2.45, 2.75) is 25.3 Å². The van der Waals surface area contributed by atoms with E-state index in [9.17, 15) is 4.79 Å².